The van der Waals surface area contributed by atoms with Crippen LogP contribution in [0.2, 0.25) is 5.02 Å². The maximum atomic E-state index is 12.3. The van der Waals surface area contributed by atoms with Crippen molar-refractivity contribution in [3.8, 4) is 0 Å². The number of carbonyl (C=O) groups excluding carboxylic acids is 2. The number of aryl methyl sites for hydroxylation is 1. The summed E-state index contributed by atoms with van der Waals surface area (Å²) in [5.74, 6) is 0.232. The summed E-state index contributed by atoms with van der Waals surface area (Å²) in [5, 5.41) is 7.67. The van der Waals surface area contributed by atoms with Crippen molar-refractivity contribution in [2.75, 3.05) is 36.0 Å². The molecule has 1 atom stereocenters. The lowest BCUT2D eigenvalue weighted by molar-refractivity contribution is -0.134. The Morgan fingerprint density at radius 1 is 1.03 bits per heavy atom. The SMILES string of the molecule is Cc1cc2cccc(N3CCN(c4cccc(C5CCC(=O)NC5=O)c4Cl)CC3)n2n1. The van der Waals surface area contributed by atoms with Crippen molar-refractivity contribution in [2.24, 2.45) is 0 Å². The number of aromatic nitrogens is 2. The first kappa shape index (κ1) is 19.9. The molecule has 8 heteroatoms. The van der Waals surface area contributed by atoms with E-state index in [1.807, 2.05) is 29.6 Å². The highest BCUT2D eigenvalue weighted by Gasteiger charge is 2.31. The van der Waals surface area contributed by atoms with E-state index in [9.17, 15) is 9.59 Å². The smallest absolute Gasteiger partial charge is 0.234 e. The number of anilines is 2. The van der Waals surface area contributed by atoms with Crippen LogP contribution < -0.4 is 15.1 Å². The van der Waals surface area contributed by atoms with E-state index >= 15 is 0 Å². The molecule has 31 heavy (non-hydrogen) atoms. The summed E-state index contributed by atoms with van der Waals surface area (Å²) in [5.41, 5.74) is 3.83. The van der Waals surface area contributed by atoms with Crippen molar-refractivity contribution in [1.82, 2.24) is 14.9 Å². The lowest BCUT2D eigenvalue weighted by Crippen LogP contribution is -2.47. The summed E-state index contributed by atoms with van der Waals surface area (Å²) in [7, 11) is 0. The molecule has 2 fully saturated rings. The van der Waals surface area contributed by atoms with E-state index in [1.54, 1.807) is 0 Å². The van der Waals surface area contributed by atoms with Crippen LogP contribution in [0.15, 0.2) is 42.5 Å². The van der Waals surface area contributed by atoms with E-state index in [2.05, 4.69) is 44.5 Å². The summed E-state index contributed by atoms with van der Waals surface area (Å²) in [6, 6.07) is 14.2. The molecule has 0 bridgehead atoms. The molecule has 1 unspecified atom stereocenters. The van der Waals surface area contributed by atoms with Gasteiger partial charge in [-0.05, 0) is 43.2 Å². The van der Waals surface area contributed by atoms with Gasteiger partial charge in [-0.15, -0.1) is 0 Å². The standard InChI is InChI=1S/C23H24ClN5O2/c1-15-14-16-4-2-7-21(29(16)26-15)28-12-10-27(11-13-28)19-6-3-5-17(22(19)24)18-8-9-20(30)25-23(18)31/h2-7,14,18H,8-13H2,1H3,(H,25,30,31). The quantitative estimate of drug-likeness (QED) is 0.637. The molecule has 2 aliphatic rings. The predicted octanol–water partition coefficient (Wildman–Crippen LogP) is 3.14. The second-order valence-corrected chi connectivity index (χ2v) is 8.54. The Hall–Kier alpha value is -3.06. The minimum absolute atomic E-state index is 0.216. The first-order valence-electron chi connectivity index (χ1n) is 10.6. The molecular formula is C23H24ClN5O2. The largest absolute Gasteiger partial charge is 0.367 e. The second kappa shape index (κ2) is 7.89. The fourth-order valence-corrected chi connectivity index (χ4v) is 4.96. The number of nitrogens with zero attached hydrogens (tertiary/aromatic N) is 4. The van der Waals surface area contributed by atoms with Crippen LogP contribution in [0.5, 0.6) is 0 Å². The topological polar surface area (TPSA) is 70.0 Å². The van der Waals surface area contributed by atoms with E-state index in [1.165, 1.54) is 0 Å². The number of piperidine rings is 1. The molecule has 3 aromatic rings. The fraction of sp³-hybridized carbons (Fsp3) is 0.348. The summed E-state index contributed by atoms with van der Waals surface area (Å²) in [6.07, 6.45) is 0.836. The van der Waals surface area contributed by atoms with Gasteiger partial charge >= 0.3 is 0 Å². The van der Waals surface area contributed by atoms with Crippen molar-refractivity contribution < 1.29 is 9.59 Å². The molecule has 2 saturated heterocycles. The van der Waals surface area contributed by atoms with Crippen LogP contribution in [-0.4, -0.2) is 47.6 Å². The van der Waals surface area contributed by atoms with Crippen molar-refractivity contribution in [3.05, 3.63) is 58.7 Å². The van der Waals surface area contributed by atoms with Crippen LogP contribution in [0.4, 0.5) is 11.5 Å². The normalized spacial score (nSPS) is 19.7. The number of imide groups is 1. The molecule has 0 aliphatic carbocycles. The van der Waals surface area contributed by atoms with Crippen LogP contribution in [0.1, 0.15) is 30.0 Å². The number of benzene rings is 1. The van der Waals surface area contributed by atoms with Gasteiger partial charge in [0.25, 0.3) is 0 Å². The second-order valence-electron chi connectivity index (χ2n) is 8.16. The number of rotatable bonds is 3. The monoisotopic (exact) mass is 437 g/mol. The predicted molar refractivity (Wildman–Crippen MR) is 121 cm³/mol. The van der Waals surface area contributed by atoms with E-state index < -0.39 is 0 Å². The van der Waals surface area contributed by atoms with Crippen molar-refractivity contribution in [1.29, 1.82) is 0 Å². The maximum Gasteiger partial charge on any atom is 0.234 e. The third-order valence-electron chi connectivity index (χ3n) is 6.16. The Kier molecular flexibility index (Phi) is 5.06. The lowest BCUT2D eigenvalue weighted by Gasteiger charge is -2.38. The third kappa shape index (κ3) is 3.63. The van der Waals surface area contributed by atoms with Gasteiger partial charge in [0, 0.05) is 32.6 Å². The molecule has 7 nitrogen and oxygen atoms in total. The van der Waals surface area contributed by atoms with Gasteiger partial charge in [-0.25, -0.2) is 4.52 Å². The van der Waals surface area contributed by atoms with Crippen molar-refractivity contribution in [3.63, 3.8) is 0 Å². The minimum atomic E-state index is -0.382. The van der Waals surface area contributed by atoms with Crippen LogP contribution in [0, 0.1) is 6.92 Å². The molecule has 2 amide bonds. The van der Waals surface area contributed by atoms with Crippen molar-refractivity contribution >= 4 is 40.4 Å². The molecule has 2 aliphatic heterocycles. The zero-order valence-electron chi connectivity index (χ0n) is 17.3. The highest BCUT2D eigenvalue weighted by Crippen LogP contribution is 2.37. The molecule has 1 N–H and O–H groups in total. The van der Waals surface area contributed by atoms with E-state index in [-0.39, 0.29) is 17.7 Å². The highest BCUT2D eigenvalue weighted by molar-refractivity contribution is 6.34. The Morgan fingerprint density at radius 2 is 1.77 bits per heavy atom. The molecular weight excluding hydrogens is 414 g/mol. The van der Waals surface area contributed by atoms with E-state index in [0.717, 1.165) is 54.5 Å². The number of amides is 2. The summed E-state index contributed by atoms with van der Waals surface area (Å²) < 4.78 is 2.00. The molecule has 5 rings (SSSR count). The van der Waals surface area contributed by atoms with Gasteiger partial charge in [-0.3, -0.25) is 14.9 Å². The summed E-state index contributed by atoms with van der Waals surface area (Å²) >= 11 is 6.78. The zero-order chi connectivity index (χ0) is 21.5. The first-order chi connectivity index (χ1) is 15.0. The molecule has 160 valence electrons. The number of hydrogen-bond acceptors (Lipinski definition) is 5. The van der Waals surface area contributed by atoms with Gasteiger partial charge in [0.2, 0.25) is 11.8 Å². The van der Waals surface area contributed by atoms with Crippen LogP contribution >= 0.6 is 11.6 Å². The number of hydrogen-bond donors (Lipinski definition) is 1. The van der Waals surface area contributed by atoms with E-state index in [0.29, 0.717) is 17.9 Å². The van der Waals surface area contributed by atoms with E-state index in [4.69, 9.17) is 11.6 Å². The van der Waals surface area contributed by atoms with Gasteiger partial charge in [-0.2, -0.15) is 5.10 Å². The first-order valence-corrected chi connectivity index (χ1v) is 11.0. The third-order valence-corrected chi connectivity index (χ3v) is 6.57. The fourth-order valence-electron chi connectivity index (χ4n) is 4.58. The number of halogens is 1. The van der Waals surface area contributed by atoms with Gasteiger partial charge in [0.05, 0.1) is 27.8 Å². The average Bonchev–Trinajstić information content (AvgIpc) is 3.15. The highest BCUT2D eigenvalue weighted by atomic mass is 35.5. The molecule has 0 spiro atoms. The molecule has 2 aromatic heterocycles. The number of piperazine rings is 1. The molecule has 1 aromatic carbocycles. The Morgan fingerprint density at radius 3 is 2.55 bits per heavy atom. The Balaban J connectivity index is 1.35. The van der Waals surface area contributed by atoms with Gasteiger partial charge in [0.1, 0.15) is 5.82 Å². The van der Waals surface area contributed by atoms with Gasteiger partial charge in [-0.1, -0.05) is 29.8 Å². The van der Waals surface area contributed by atoms with Crippen LogP contribution in [0.3, 0.4) is 0 Å². The zero-order valence-corrected chi connectivity index (χ0v) is 18.1. The summed E-state index contributed by atoms with van der Waals surface area (Å²) in [6.45, 7) is 5.32. The average molecular weight is 438 g/mol. The van der Waals surface area contributed by atoms with Gasteiger partial charge < -0.3 is 9.80 Å². The molecule has 0 radical (unpaired) electrons. The lowest BCUT2D eigenvalue weighted by atomic mass is 9.90. The Bertz CT molecular complexity index is 1170. The number of carbonyl (C=O) groups is 2. The minimum Gasteiger partial charge on any atom is -0.367 e. The van der Waals surface area contributed by atoms with Crippen molar-refractivity contribution in [2.45, 2.75) is 25.7 Å². The summed E-state index contributed by atoms with van der Waals surface area (Å²) in [4.78, 5) is 28.4. The molecule has 4 heterocycles. The van der Waals surface area contributed by atoms with Crippen LogP contribution in [0.25, 0.3) is 5.52 Å². The maximum absolute atomic E-state index is 12.3. The number of fused-ring (bicyclic) bond motifs is 1. The number of pyridine rings is 1. The Labute approximate surface area is 185 Å². The molecule has 0 saturated carbocycles. The van der Waals surface area contributed by atoms with Crippen LogP contribution in [-0.2, 0) is 9.59 Å². The number of nitrogens with one attached hydrogen (secondary N) is 1. The van der Waals surface area contributed by atoms with Gasteiger partial charge in [0.15, 0.2) is 0 Å².